The van der Waals surface area contributed by atoms with Crippen molar-refractivity contribution in [2.24, 2.45) is 0 Å². The third kappa shape index (κ3) is 3.32. The number of carbonyl (C=O) groups is 1. The van der Waals surface area contributed by atoms with E-state index in [9.17, 15) is 4.79 Å². The highest BCUT2D eigenvalue weighted by Crippen LogP contribution is 2.28. The van der Waals surface area contributed by atoms with Crippen molar-refractivity contribution in [3.63, 3.8) is 0 Å². The molecule has 1 aromatic heterocycles. The Labute approximate surface area is 117 Å². The Bertz CT molecular complexity index is 578. The van der Waals surface area contributed by atoms with Crippen LogP contribution in [-0.2, 0) is 4.79 Å². The van der Waals surface area contributed by atoms with Crippen LogP contribution in [0.4, 0.5) is 0 Å². The molecule has 1 heterocycles. The summed E-state index contributed by atoms with van der Waals surface area (Å²) < 4.78 is 0. The molecule has 0 aliphatic carbocycles. The number of aliphatic carboxylic acids is 1. The summed E-state index contributed by atoms with van der Waals surface area (Å²) in [5.41, 5.74) is 2.96. The Hall–Kier alpha value is -1.87. The summed E-state index contributed by atoms with van der Waals surface area (Å²) in [4.78, 5) is 12.0. The molecule has 0 unspecified atom stereocenters. The van der Waals surface area contributed by atoms with Gasteiger partial charge in [-0.3, -0.25) is 0 Å². The van der Waals surface area contributed by atoms with Crippen molar-refractivity contribution in [3.05, 3.63) is 63.9 Å². The highest BCUT2D eigenvalue weighted by atomic mass is 32.1. The first-order chi connectivity index (χ1) is 9.08. The first kappa shape index (κ1) is 13.6. The van der Waals surface area contributed by atoms with Crippen LogP contribution in [0, 0.1) is 0 Å². The predicted molar refractivity (Wildman–Crippen MR) is 79.6 cm³/mol. The van der Waals surface area contributed by atoms with E-state index in [1.807, 2.05) is 29.6 Å². The minimum atomic E-state index is -0.920. The summed E-state index contributed by atoms with van der Waals surface area (Å²) in [7, 11) is 0. The average Bonchev–Trinajstić information content (AvgIpc) is 2.89. The van der Waals surface area contributed by atoms with Gasteiger partial charge in [0.15, 0.2) is 0 Å². The lowest BCUT2D eigenvalue weighted by Gasteiger charge is -2.08. The van der Waals surface area contributed by atoms with Crippen molar-refractivity contribution in [2.75, 3.05) is 0 Å². The normalized spacial score (nSPS) is 11.8. The first-order valence-electron chi connectivity index (χ1n) is 6.16. The molecule has 0 saturated carbocycles. The molecule has 0 fully saturated rings. The fourth-order valence-electron chi connectivity index (χ4n) is 1.90. The number of hydrogen-bond acceptors (Lipinski definition) is 2. The van der Waals surface area contributed by atoms with E-state index in [0.717, 1.165) is 16.0 Å². The number of carboxylic acid groups (broad SMARTS) is 1. The number of hydrogen-bond donors (Lipinski definition) is 1. The van der Waals surface area contributed by atoms with Crippen molar-refractivity contribution in [2.45, 2.75) is 19.8 Å². The minimum Gasteiger partial charge on any atom is -0.478 e. The molecule has 3 heteroatoms. The molecule has 0 saturated heterocycles. The van der Waals surface area contributed by atoms with Gasteiger partial charge in [-0.05, 0) is 28.5 Å². The Morgan fingerprint density at radius 2 is 1.89 bits per heavy atom. The maximum absolute atomic E-state index is 11.0. The molecular weight excluding hydrogens is 256 g/mol. The molecule has 0 aliphatic heterocycles. The van der Waals surface area contributed by atoms with Gasteiger partial charge in [0.05, 0.1) is 0 Å². The molecule has 0 spiro atoms. The zero-order valence-corrected chi connectivity index (χ0v) is 11.8. The molecule has 1 N–H and O–H groups in total. The molecular formula is C16H16O2S. The largest absolute Gasteiger partial charge is 0.478 e. The van der Waals surface area contributed by atoms with Crippen molar-refractivity contribution in [1.82, 2.24) is 0 Å². The van der Waals surface area contributed by atoms with Gasteiger partial charge in [-0.25, -0.2) is 4.79 Å². The number of carboxylic acids is 1. The summed E-state index contributed by atoms with van der Waals surface area (Å²) >= 11 is 1.55. The molecule has 0 amide bonds. The van der Waals surface area contributed by atoms with E-state index in [4.69, 9.17) is 5.11 Å². The second-order valence-electron chi connectivity index (χ2n) is 4.65. The van der Waals surface area contributed by atoms with Crippen molar-refractivity contribution in [1.29, 1.82) is 0 Å². The molecule has 19 heavy (non-hydrogen) atoms. The van der Waals surface area contributed by atoms with Gasteiger partial charge < -0.3 is 5.11 Å². The average molecular weight is 272 g/mol. The summed E-state index contributed by atoms with van der Waals surface area (Å²) in [5, 5.41) is 11.0. The first-order valence-corrected chi connectivity index (χ1v) is 7.04. The molecule has 2 rings (SSSR count). The maximum Gasteiger partial charge on any atom is 0.328 e. The molecule has 2 aromatic rings. The van der Waals surface area contributed by atoms with Gasteiger partial charge in [0.1, 0.15) is 0 Å². The second-order valence-corrected chi connectivity index (χ2v) is 5.60. The van der Waals surface area contributed by atoms with E-state index in [1.165, 1.54) is 11.6 Å². The molecule has 0 radical (unpaired) electrons. The Balaban J connectivity index is 2.42. The summed E-state index contributed by atoms with van der Waals surface area (Å²) in [6.07, 6.45) is 1.27. The van der Waals surface area contributed by atoms with Crippen LogP contribution >= 0.6 is 11.3 Å². The predicted octanol–water partition coefficient (Wildman–Crippen LogP) is 4.39. The van der Waals surface area contributed by atoms with Gasteiger partial charge in [-0.1, -0.05) is 44.2 Å². The van der Waals surface area contributed by atoms with Gasteiger partial charge in [-0.2, -0.15) is 0 Å². The fraction of sp³-hybridized carbons (Fsp3) is 0.188. The van der Waals surface area contributed by atoms with E-state index in [-0.39, 0.29) is 0 Å². The van der Waals surface area contributed by atoms with Gasteiger partial charge >= 0.3 is 5.97 Å². The third-order valence-corrected chi connectivity index (χ3v) is 3.85. The fourth-order valence-corrected chi connectivity index (χ4v) is 2.66. The van der Waals surface area contributed by atoms with Crippen LogP contribution in [0.25, 0.3) is 5.57 Å². The maximum atomic E-state index is 11.0. The second kappa shape index (κ2) is 5.85. The van der Waals surface area contributed by atoms with Crippen LogP contribution < -0.4 is 0 Å². The number of benzene rings is 1. The topological polar surface area (TPSA) is 37.3 Å². The Kier molecular flexibility index (Phi) is 4.17. The van der Waals surface area contributed by atoms with E-state index >= 15 is 0 Å². The zero-order chi connectivity index (χ0) is 13.8. The van der Waals surface area contributed by atoms with Gasteiger partial charge in [-0.15, -0.1) is 11.3 Å². The van der Waals surface area contributed by atoms with Crippen LogP contribution in [0.1, 0.15) is 35.8 Å². The lowest BCUT2D eigenvalue weighted by Crippen LogP contribution is -1.94. The SMILES string of the molecule is CC(C)c1ccc(/C(=C/C(=O)O)c2cccs2)cc1. The standard InChI is InChI=1S/C16H16O2S/c1-11(2)12-5-7-13(8-6-12)14(10-16(17)18)15-4-3-9-19-15/h3-11H,1-2H3,(H,17,18)/b14-10-. The molecule has 0 aliphatic rings. The lowest BCUT2D eigenvalue weighted by atomic mass is 9.98. The summed E-state index contributed by atoms with van der Waals surface area (Å²) in [6.45, 7) is 4.28. The Morgan fingerprint density at radius 1 is 1.21 bits per heavy atom. The minimum absolute atomic E-state index is 0.475. The van der Waals surface area contributed by atoms with Crippen molar-refractivity contribution >= 4 is 22.9 Å². The molecule has 0 bridgehead atoms. The smallest absolute Gasteiger partial charge is 0.328 e. The van der Waals surface area contributed by atoms with Gasteiger partial charge in [0.2, 0.25) is 0 Å². The molecule has 2 nitrogen and oxygen atoms in total. The van der Waals surface area contributed by atoms with Crippen molar-refractivity contribution < 1.29 is 9.90 Å². The van der Waals surface area contributed by atoms with Crippen LogP contribution in [0.15, 0.2) is 47.9 Å². The number of rotatable bonds is 4. The molecule has 1 aromatic carbocycles. The van der Waals surface area contributed by atoms with Gasteiger partial charge in [0.25, 0.3) is 0 Å². The quantitative estimate of drug-likeness (QED) is 0.838. The summed E-state index contributed by atoms with van der Waals surface area (Å²) in [6, 6.07) is 12.0. The van der Waals surface area contributed by atoms with Gasteiger partial charge in [0, 0.05) is 16.5 Å². The van der Waals surface area contributed by atoms with Crippen LogP contribution in [0.5, 0.6) is 0 Å². The lowest BCUT2D eigenvalue weighted by molar-refractivity contribution is -0.131. The monoisotopic (exact) mass is 272 g/mol. The summed E-state index contributed by atoms with van der Waals surface area (Å²) in [5.74, 6) is -0.445. The molecule has 98 valence electrons. The highest BCUT2D eigenvalue weighted by Gasteiger charge is 2.09. The Morgan fingerprint density at radius 3 is 2.37 bits per heavy atom. The third-order valence-electron chi connectivity index (χ3n) is 2.94. The van der Waals surface area contributed by atoms with E-state index in [2.05, 4.69) is 26.0 Å². The van der Waals surface area contributed by atoms with Crippen LogP contribution in [0.2, 0.25) is 0 Å². The van der Waals surface area contributed by atoms with E-state index in [0.29, 0.717) is 5.92 Å². The van der Waals surface area contributed by atoms with Crippen LogP contribution in [0.3, 0.4) is 0 Å². The highest BCUT2D eigenvalue weighted by molar-refractivity contribution is 7.11. The van der Waals surface area contributed by atoms with Crippen molar-refractivity contribution in [3.8, 4) is 0 Å². The zero-order valence-electron chi connectivity index (χ0n) is 11.0. The van der Waals surface area contributed by atoms with E-state index in [1.54, 1.807) is 11.3 Å². The number of thiophene rings is 1. The molecule has 0 atom stereocenters. The van der Waals surface area contributed by atoms with E-state index < -0.39 is 5.97 Å². The van der Waals surface area contributed by atoms with Crippen LogP contribution in [-0.4, -0.2) is 11.1 Å².